The Hall–Kier alpha value is -1.78. The summed E-state index contributed by atoms with van der Waals surface area (Å²) in [6.45, 7) is 1.65. The molecule has 0 aliphatic rings. The van der Waals surface area contributed by atoms with E-state index in [1.807, 2.05) is 0 Å². The van der Waals surface area contributed by atoms with Crippen molar-refractivity contribution in [2.75, 3.05) is 0 Å². The number of halogens is 3. The minimum Gasteiger partial charge on any atom is -0.477 e. The van der Waals surface area contributed by atoms with Crippen LogP contribution in [0.3, 0.4) is 0 Å². The number of carbonyl (C=O) groups is 1. The highest BCUT2D eigenvalue weighted by Gasteiger charge is 2.22. The smallest absolute Gasteiger partial charge is 0.341 e. The van der Waals surface area contributed by atoms with Crippen LogP contribution in [-0.4, -0.2) is 11.1 Å². The standard InChI is InChI=1S/C11H9F3O2/c1-2-3-4-6-7(12)5-8(13)9(10(6)14)11(15)16/h2-3,5H,4H2,1H3,(H,15,16). The topological polar surface area (TPSA) is 37.3 Å². The van der Waals surface area contributed by atoms with E-state index in [2.05, 4.69) is 0 Å². The first-order chi connectivity index (χ1) is 7.49. The van der Waals surface area contributed by atoms with Gasteiger partial charge < -0.3 is 5.11 Å². The van der Waals surface area contributed by atoms with Crippen LogP contribution in [0.15, 0.2) is 18.2 Å². The molecule has 0 saturated heterocycles. The first-order valence-corrected chi connectivity index (χ1v) is 4.49. The molecule has 86 valence electrons. The van der Waals surface area contributed by atoms with Crippen LogP contribution in [0.2, 0.25) is 0 Å². The van der Waals surface area contributed by atoms with Crippen LogP contribution in [0.4, 0.5) is 13.2 Å². The fourth-order valence-electron chi connectivity index (χ4n) is 1.25. The molecule has 0 heterocycles. The maximum atomic E-state index is 13.5. The second-order valence-electron chi connectivity index (χ2n) is 3.09. The van der Waals surface area contributed by atoms with Crippen molar-refractivity contribution < 1.29 is 23.1 Å². The molecule has 0 radical (unpaired) electrons. The van der Waals surface area contributed by atoms with Gasteiger partial charge in [0.1, 0.15) is 23.0 Å². The zero-order chi connectivity index (χ0) is 12.3. The van der Waals surface area contributed by atoms with Crippen molar-refractivity contribution in [1.29, 1.82) is 0 Å². The molecule has 1 N–H and O–H groups in total. The monoisotopic (exact) mass is 230 g/mol. The van der Waals surface area contributed by atoms with Crippen molar-refractivity contribution in [1.82, 2.24) is 0 Å². The highest BCUT2D eigenvalue weighted by Crippen LogP contribution is 2.21. The van der Waals surface area contributed by atoms with Gasteiger partial charge in [-0.15, -0.1) is 0 Å². The molecule has 0 bridgehead atoms. The number of allylic oxidation sites excluding steroid dienone is 2. The third-order valence-corrected chi connectivity index (χ3v) is 2.04. The maximum Gasteiger partial charge on any atom is 0.341 e. The molecule has 16 heavy (non-hydrogen) atoms. The largest absolute Gasteiger partial charge is 0.477 e. The van der Waals surface area contributed by atoms with Gasteiger partial charge in [-0.1, -0.05) is 12.2 Å². The average molecular weight is 230 g/mol. The normalized spacial score (nSPS) is 11.0. The third kappa shape index (κ3) is 2.24. The molecular weight excluding hydrogens is 221 g/mol. The van der Waals surface area contributed by atoms with Crippen LogP contribution in [0, 0.1) is 17.5 Å². The fourth-order valence-corrected chi connectivity index (χ4v) is 1.25. The number of aromatic carboxylic acids is 1. The zero-order valence-electron chi connectivity index (χ0n) is 8.43. The Morgan fingerprint density at radius 2 is 2.00 bits per heavy atom. The summed E-state index contributed by atoms with van der Waals surface area (Å²) >= 11 is 0. The minimum absolute atomic E-state index is 0.116. The predicted molar refractivity (Wildman–Crippen MR) is 51.8 cm³/mol. The van der Waals surface area contributed by atoms with E-state index in [1.165, 1.54) is 6.08 Å². The summed E-state index contributed by atoms with van der Waals surface area (Å²) < 4.78 is 39.6. The van der Waals surface area contributed by atoms with Gasteiger partial charge in [-0.25, -0.2) is 18.0 Å². The lowest BCUT2D eigenvalue weighted by atomic mass is 10.1. The first kappa shape index (κ1) is 12.3. The van der Waals surface area contributed by atoms with Gasteiger partial charge in [0.15, 0.2) is 0 Å². The van der Waals surface area contributed by atoms with E-state index in [4.69, 9.17) is 5.11 Å². The SMILES string of the molecule is CC=CCc1c(F)cc(F)c(C(=O)O)c1F. The summed E-state index contributed by atoms with van der Waals surface area (Å²) in [7, 11) is 0. The van der Waals surface area contributed by atoms with E-state index in [1.54, 1.807) is 13.0 Å². The quantitative estimate of drug-likeness (QED) is 0.810. The Morgan fingerprint density at radius 3 is 2.50 bits per heavy atom. The summed E-state index contributed by atoms with van der Waals surface area (Å²) in [6, 6.07) is 0.380. The number of carboxylic acid groups (broad SMARTS) is 1. The van der Waals surface area contributed by atoms with Gasteiger partial charge in [-0.3, -0.25) is 0 Å². The Bertz CT molecular complexity index is 453. The van der Waals surface area contributed by atoms with E-state index in [0.29, 0.717) is 6.07 Å². The molecule has 5 heteroatoms. The second kappa shape index (κ2) is 4.83. The lowest BCUT2D eigenvalue weighted by molar-refractivity contribution is 0.0686. The van der Waals surface area contributed by atoms with Gasteiger partial charge in [0.2, 0.25) is 0 Å². The molecular formula is C11H9F3O2. The van der Waals surface area contributed by atoms with Crippen LogP contribution in [0.1, 0.15) is 22.8 Å². The van der Waals surface area contributed by atoms with Gasteiger partial charge in [0.05, 0.1) is 0 Å². The fraction of sp³-hybridized carbons (Fsp3) is 0.182. The lowest BCUT2D eigenvalue weighted by Crippen LogP contribution is -2.09. The molecule has 0 fully saturated rings. The second-order valence-corrected chi connectivity index (χ2v) is 3.09. The number of carboxylic acids is 1. The van der Waals surface area contributed by atoms with Crippen LogP contribution in [0.25, 0.3) is 0 Å². The first-order valence-electron chi connectivity index (χ1n) is 4.49. The molecule has 0 saturated carbocycles. The molecule has 1 aromatic carbocycles. The van der Waals surface area contributed by atoms with E-state index < -0.39 is 34.5 Å². The van der Waals surface area contributed by atoms with Crippen LogP contribution >= 0.6 is 0 Å². The van der Waals surface area contributed by atoms with Crippen LogP contribution < -0.4 is 0 Å². The minimum atomic E-state index is -1.75. The van der Waals surface area contributed by atoms with E-state index in [9.17, 15) is 18.0 Å². The van der Waals surface area contributed by atoms with Gasteiger partial charge in [0.25, 0.3) is 0 Å². The van der Waals surface area contributed by atoms with Gasteiger partial charge >= 0.3 is 5.97 Å². The highest BCUT2D eigenvalue weighted by atomic mass is 19.1. The Morgan fingerprint density at radius 1 is 1.38 bits per heavy atom. The van der Waals surface area contributed by atoms with Crippen molar-refractivity contribution in [2.45, 2.75) is 13.3 Å². The zero-order valence-corrected chi connectivity index (χ0v) is 8.43. The van der Waals surface area contributed by atoms with E-state index in [-0.39, 0.29) is 6.42 Å². The molecule has 0 aliphatic carbocycles. The molecule has 0 spiro atoms. The molecule has 1 aromatic rings. The summed E-state index contributed by atoms with van der Waals surface area (Å²) in [4.78, 5) is 10.6. The molecule has 0 aliphatic heterocycles. The van der Waals surface area contributed by atoms with Crippen LogP contribution in [-0.2, 0) is 6.42 Å². The summed E-state index contributed by atoms with van der Waals surface area (Å²) in [5, 5.41) is 8.57. The molecule has 2 nitrogen and oxygen atoms in total. The van der Waals surface area contributed by atoms with E-state index >= 15 is 0 Å². The Balaban J connectivity index is 3.38. The number of benzene rings is 1. The van der Waals surface area contributed by atoms with Gasteiger partial charge in [-0.05, 0) is 13.3 Å². The van der Waals surface area contributed by atoms with Crippen molar-refractivity contribution in [2.24, 2.45) is 0 Å². The van der Waals surface area contributed by atoms with E-state index in [0.717, 1.165) is 0 Å². The summed E-state index contributed by atoms with van der Waals surface area (Å²) in [6.07, 6.45) is 2.89. The molecule has 0 unspecified atom stereocenters. The van der Waals surface area contributed by atoms with Crippen molar-refractivity contribution >= 4 is 5.97 Å². The van der Waals surface area contributed by atoms with Gasteiger partial charge in [0, 0.05) is 11.6 Å². The number of hydrogen-bond acceptors (Lipinski definition) is 1. The predicted octanol–water partition coefficient (Wildman–Crippen LogP) is 2.92. The molecule has 1 rings (SSSR count). The third-order valence-electron chi connectivity index (χ3n) is 2.04. The van der Waals surface area contributed by atoms with Crippen molar-refractivity contribution in [3.63, 3.8) is 0 Å². The lowest BCUT2D eigenvalue weighted by Gasteiger charge is -2.06. The van der Waals surface area contributed by atoms with Crippen LogP contribution in [0.5, 0.6) is 0 Å². The number of rotatable bonds is 3. The summed E-state index contributed by atoms with van der Waals surface area (Å²) in [5.74, 6) is -5.61. The highest BCUT2D eigenvalue weighted by molar-refractivity contribution is 5.88. The van der Waals surface area contributed by atoms with Crippen molar-refractivity contribution in [3.05, 3.63) is 46.8 Å². The molecule has 0 aromatic heterocycles. The maximum absolute atomic E-state index is 13.5. The average Bonchev–Trinajstić information content (AvgIpc) is 2.16. The molecule has 0 amide bonds. The molecule has 0 atom stereocenters. The number of hydrogen-bond donors (Lipinski definition) is 1. The Labute approximate surface area is 90.0 Å². The Kier molecular flexibility index (Phi) is 3.71. The van der Waals surface area contributed by atoms with Crippen molar-refractivity contribution in [3.8, 4) is 0 Å². The van der Waals surface area contributed by atoms with Gasteiger partial charge in [-0.2, -0.15) is 0 Å². The summed E-state index contributed by atoms with van der Waals surface area (Å²) in [5.41, 5.74) is -1.57.